The van der Waals surface area contributed by atoms with Crippen molar-refractivity contribution in [3.05, 3.63) is 115 Å². The highest BCUT2D eigenvalue weighted by atomic mass is 16.5. The van der Waals surface area contributed by atoms with Gasteiger partial charge in [-0.05, 0) is 85.2 Å². The molecule has 1 unspecified atom stereocenters. The molecule has 0 spiro atoms. The van der Waals surface area contributed by atoms with Crippen LogP contribution in [0.25, 0.3) is 32.9 Å². The molecule has 7 heterocycles. The van der Waals surface area contributed by atoms with E-state index in [9.17, 15) is 9.59 Å². The summed E-state index contributed by atoms with van der Waals surface area (Å²) in [6.07, 6.45) is 12.6. The molecule has 4 aliphatic rings. The lowest BCUT2D eigenvalue weighted by atomic mass is 9.91. The molecule has 302 valence electrons. The summed E-state index contributed by atoms with van der Waals surface area (Å²) in [7, 11) is 2.09. The van der Waals surface area contributed by atoms with Crippen molar-refractivity contribution in [1.29, 1.82) is 0 Å². The Morgan fingerprint density at radius 3 is 2.57 bits per heavy atom. The Bertz CT molecular complexity index is 2710. The Kier molecular flexibility index (Phi) is 9.85. The molecule has 2 saturated heterocycles. The van der Waals surface area contributed by atoms with Crippen LogP contribution in [0.15, 0.2) is 97.7 Å². The normalized spacial score (nSPS) is 20.4. The molecule has 1 N–H and O–H groups in total. The van der Waals surface area contributed by atoms with Gasteiger partial charge < -0.3 is 33.9 Å². The van der Waals surface area contributed by atoms with Crippen LogP contribution in [-0.4, -0.2) is 85.3 Å². The van der Waals surface area contributed by atoms with E-state index in [1.54, 1.807) is 29.3 Å². The predicted molar refractivity (Wildman–Crippen MR) is 226 cm³/mol. The van der Waals surface area contributed by atoms with E-state index in [1.165, 1.54) is 10.9 Å². The van der Waals surface area contributed by atoms with Crippen LogP contribution in [0.3, 0.4) is 0 Å². The standard InChI is InChI=1S/C47H44N8O5/c1-29-5-11-42(45(56)51-29)55-28-32-22-35(8-10-38(32)46(55)57)58-21-3-4-33-13-18-49-47(52-33)54-19-15-34(16-20-54)59-36-24-37(25-36)60-44-12-7-31(26-50-44)30-6-9-39-40-27-48-17-14-41(40)53(2)43(39)23-30/h6-10,12-14,17-18,22-23,26-27,34,36-37,42H,1,5,11,15-16,19-21,24-25,28H2,2H3,(H,51,56). The summed E-state index contributed by atoms with van der Waals surface area (Å²) in [6.45, 7) is 5.96. The quantitative estimate of drug-likeness (QED) is 0.165. The van der Waals surface area contributed by atoms with E-state index in [4.69, 9.17) is 19.2 Å². The van der Waals surface area contributed by atoms with Gasteiger partial charge in [-0.25, -0.2) is 15.0 Å². The first-order valence-corrected chi connectivity index (χ1v) is 20.6. The van der Waals surface area contributed by atoms with Gasteiger partial charge in [-0.15, -0.1) is 0 Å². The first kappa shape index (κ1) is 37.5. The minimum Gasteiger partial charge on any atom is -0.481 e. The van der Waals surface area contributed by atoms with E-state index in [-0.39, 0.29) is 36.7 Å². The van der Waals surface area contributed by atoms with Gasteiger partial charge >= 0.3 is 0 Å². The van der Waals surface area contributed by atoms with E-state index >= 15 is 0 Å². The Labute approximate surface area is 347 Å². The molecule has 3 fully saturated rings. The Balaban J connectivity index is 0.660. The molecule has 1 aliphatic carbocycles. The van der Waals surface area contributed by atoms with Gasteiger partial charge in [-0.2, -0.15) is 0 Å². The van der Waals surface area contributed by atoms with Crippen molar-refractivity contribution in [3.8, 4) is 34.6 Å². The molecule has 2 aromatic carbocycles. The Hall–Kier alpha value is -6.78. The fraction of sp³-hybridized carbons (Fsp3) is 0.319. The number of amides is 2. The number of aromatic nitrogens is 5. The van der Waals surface area contributed by atoms with Crippen molar-refractivity contribution in [1.82, 2.24) is 34.7 Å². The van der Waals surface area contributed by atoms with E-state index in [1.807, 2.05) is 36.8 Å². The molecular weight excluding hydrogens is 757 g/mol. The van der Waals surface area contributed by atoms with Crippen LogP contribution in [0.4, 0.5) is 5.95 Å². The molecule has 0 bridgehead atoms. The van der Waals surface area contributed by atoms with Crippen LogP contribution in [0.1, 0.15) is 60.1 Å². The summed E-state index contributed by atoms with van der Waals surface area (Å²) >= 11 is 0. The molecule has 2 amide bonds. The molecule has 13 nitrogen and oxygen atoms in total. The van der Waals surface area contributed by atoms with Gasteiger partial charge in [0, 0.05) is 103 Å². The number of nitrogens with one attached hydrogen (secondary N) is 1. The number of carbonyl (C=O) groups is 2. The molecule has 0 radical (unpaired) electrons. The van der Waals surface area contributed by atoms with Gasteiger partial charge in [0.2, 0.25) is 17.7 Å². The molecule has 3 aliphatic heterocycles. The van der Waals surface area contributed by atoms with E-state index in [0.29, 0.717) is 53.9 Å². The molecular formula is C47H44N8O5. The topological polar surface area (TPSA) is 137 Å². The number of nitrogens with zero attached hydrogens (tertiary/aromatic N) is 7. The highest BCUT2D eigenvalue weighted by molar-refractivity contribution is 6.08. The lowest BCUT2D eigenvalue weighted by Crippen LogP contribution is -2.49. The van der Waals surface area contributed by atoms with Crippen molar-refractivity contribution in [2.24, 2.45) is 7.05 Å². The number of benzene rings is 2. The smallest absolute Gasteiger partial charge is 0.255 e. The highest BCUT2D eigenvalue weighted by Crippen LogP contribution is 2.34. The largest absolute Gasteiger partial charge is 0.481 e. The Morgan fingerprint density at radius 2 is 1.73 bits per heavy atom. The third-order valence-corrected chi connectivity index (χ3v) is 12.1. The van der Waals surface area contributed by atoms with E-state index < -0.39 is 6.04 Å². The second-order valence-corrected chi connectivity index (χ2v) is 16.0. The highest BCUT2D eigenvalue weighted by Gasteiger charge is 2.38. The summed E-state index contributed by atoms with van der Waals surface area (Å²) in [6, 6.07) is 19.3. The third kappa shape index (κ3) is 7.39. The maximum absolute atomic E-state index is 13.0. The number of rotatable bonds is 9. The molecule has 10 rings (SSSR count). The second-order valence-electron chi connectivity index (χ2n) is 16.0. The number of carbonyl (C=O) groups excluding carboxylic acids is 2. The first-order chi connectivity index (χ1) is 29.3. The maximum atomic E-state index is 13.0. The predicted octanol–water partition coefficient (Wildman–Crippen LogP) is 6.35. The van der Waals surface area contributed by atoms with Crippen LogP contribution < -0.4 is 19.7 Å². The molecule has 6 aromatic rings. The fourth-order valence-corrected chi connectivity index (χ4v) is 8.75. The van der Waals surface area contributed by atoms with Gasteiger partial charge in [-0.1, -0.05) is 24.6 Å². The fourth-order valence-electron chi connectivity index (χ4n) is 8.75. The lowest BCUT2D eigenvalue weighted by molar-refractivity contribution is -0.126. The first-order valence-electron chi connectivity index (χ1n) is 20.6. The van der Waals surface area contributed by atoms with Crippen molar-refractivity contribution in [2.75, 3.05) is 24.6 Å². The van der Waals surface area contributed by atoms with Gasteiger partial charge in [0.1, 0.15) is 30.2 Å². The summed E-state index contributed by atoms with van der Waals surface area (Å²) in [5, 5.41) is 5.12. The summed E-state index contributed by atoms with van der Waals surface area (Å²) in [4.78, 5) is 47.5. The van der Waals surface area contributed by atoms with Gasteiger partial charge in [0.15, 0.2) is 0 Å². The maximum Gasteiger partial charge on any atom is 0.255 e. The van der Waals surface area contributed by atoms with Crippen LogP contribution in [0, 0.1) is 11.8 Å². The van der Waals surface area contributed by atoms with Gasteiger partial charge in [0.05, 0.1) is 17.7 Å². The number of hydrogen-bond acceptors (Lipinski definition) is 10. The van der Waals surface area contributed by atoms with Crippen LogP contribution in [0.2, 0.25) is 0 Å². The zero-order valence-electron chi connectivity index (χ0n) is 33.3. The number of pyridine rings is 2. The van der Waals surface area contributed by atoms with Gasteiger partial charge in [-0.3, -0.25) is 14.6 Å². The van der Waals surface area contributed by atoms with Gasteiger partial charge in [0.25, 0.3) is 5.91 Å². The molecule has 13 heteroatoms. The number of anilines is 1. The minimum atomic E-state index is -0.497. The molecule has 1 atom stereocenters. The number of hydrogen-bond donors (Lipinski definition) is 1. The van der Waals surface area contributed by atoms with Crippen molar-refractivity contribution in [2.45, 2.75) is 69.4 Å². The summed E-state index contributed by atoms with van der Waals surface area (Å²) in [5.41, 5.74) is 7.23. The molecule has 4 aromatic heterocycles. The Morgan fingerprint density at radius 1 is 0.867 bits per heavy atom. The second kappa shape index (κ2) is 15.8. The van der Waals surface area contributed by atoms with Crippen LogP contribution in [-0.2, 0) is 23.1 Å². The van der Waals surface area contributed by atoms with Crippen LogP contribution in [0.5, 0.6) is 11.6 Å². The number of allylic oxidation sites excluding steroid dienone is 1. The van der Waals surface area contributed by atoms with Crippen molar-refractivity contribution < 1.29 is 23.8 Å². The lowest BCUT2D eigenvalue weighted by Gasteiger charge is -2.39. The number of aryl methyl sites for hydroxylation is 1. The van der Waals surface area contributed by atoms with E-state index in [0.717, 1.165) is 66.4 Å². The average molecular weight is 801 g/mol. The van der Waals surface area contributed by atoms with Crippen molar-refractivity contribution >= 4 is 39.6 Å². The van der Waals surface area contributed by atoms with Crippen molar-refractivity contribution in [3.63, 3.8) is 0 Å². The zero-order chi connectivity index (χ0) is 40.7. The third-order valence-electron chi connectivity index (χ3n) is 12.1. The SMILES string of the molecule is C=C1CCC(N2Cc3cc(OCC#Cc4ccnc(N5CCC(OC6CC(Oc7ccc(-c8ccc9c%10cnccc%10n(C)c9c8)cn7)C6)CC5)n4)ccc3C2=O)C(=O)N1. The van der Waals surface area contributed by atoms with E-state index in [2.05, 4.69) is 79.5 Å². The monoisotopic (exact) mass is 800 g/mol. The minimum absolute atomic E-state index is 0.0978. The number of fused-ring (bicyclic) bond motifs is 4. The summed E-state index contributed by atoms with van der Waals surface area (Å²) < 4.78 is 20.8. The van der Waals surface area contributed by atoms with Crippen LogP contribution >= 0.6 is 0 Å². The number of piperidine rings is 2. The number of ether oxygens (including phenoxy) is 3. The average Bonchev–Trinajstić information content (AvgIpc) is 3.74. The summed E-state index contributed by atoms with van der Waals surface area (Å²) in [5.74, 6) is 7.74. The molecule has 60 heavy (non-hydrogen) atoms. The zero-order valence-corrected chi connectivity index (χ0v) is 33.3. The molecule has 1 saturated carbocycles.